The molecule has 0 bridgehead atoms. The van der Waals surface area contributed by atoms with Gasteiger partial charge in [-0.2, -0.15) is 13.2 Å². The average Bonchev–Trinajstić information content (AvgIpc) is 3.28. The van der Waals surface area contributed by atoms with Crippen LogP contribution in [0.2, 0.25) is 0 Å². The minimum absolute atomic E-state index is 0.0534. The highest BCUT2D eigenvalue weighted by Gasteiger charge is 2.38. The number of piperidine rings is 1. The van der Waals surface area contributed by atoms with E-state index in [9.17, 15) is 18.0 Å². The lowest BCUT2D eigenvalue weighted by Gasteiger charge is -2.29. The van der Waals surface area contributed by atoms with Crippen LogP contribution in [0.3, 0.4) is 0 Å². The molecule has 34 heavy (non-hydrogen) atoms. The first-order valence-electron chi connectivity index (χ1n) is 10.2. The van der Waals surface area contributed by atoms with Gasteiger partial charge in [-0.3, -0.25) is 0 Å². The molecule has 3 aromatic rings. The summed E-state index contributed by atoms with van der Waals surface area (Å²) in [6.07, 6.45) is -1.28. The molecule has 0 radical (unpaired) electrons. The van der Waals surface area contributed by atoms with Gasteiger partial charge in [0.15, 0.2) is 0 Å². The number of H-pyrrole nitrogens is 1. The maximum atomic E-state index is 11.1. The summed E-state index contributed by atoms with van der Waals surface area (Å²) in [5.41, 5.74) is 3.28. The van der Waals surface area contributed by atoms with Crippen LogP contribution in [0.4, 0.5) is 18.9 Å². The molecule has 180 valence electrons. The molecule has 1 aromatic heterocycles. The predicted molar refractivity (Wildman–Crippen MR) is 115 cm³/mol. The number of aliphatic carboxylic acids is 1. The van der Waals surface area contributed by atoms with Crippen molar-refractivity contribution in [1.82, 2.24) is 15.4 Å². The molecule has 2 heterocycles. The lowest BCUT2D eigenvalue weighted by atomic mass is 10.0. The Hall–Kier alpha value is -4.09. The van der Waals surface area contributed by atoms with Gasteiger partial charge in [0.2, 0.25) is 5.69 Å². The number of halogens is 3. The van der Waals surface area contributed by atoms with Crippen LogP contribution in [0.25, 0.3) is 11.1 Å². The molecular weight excluding hydrogens is 457 g/mol. The number of carboxylic acid groups (broad SMARTS) is 2. The normalized spacial score (nSPS) is 13.6. The third-order valence-corrected chi connectivity index (χ3v) is 4.94. The zero-order valence-electron chi connectivity index (χ0n) is 17.7. The summed E-state index contributed by atoms with van der Waals surface area (Å²) < 4.78 is 37.3. The van der Waals surface area contributed by atoms with E-state index in [1.165, 1.54) is 24.9 Å². The summed E-state index contributed by atoms with van der Waals surface area (Å²) in [7, 11) is 0. The number of hydrogen-bond acceptors (Lipinski definition) is 6. The lowest BCUT2D eigenvalue weighted by Crippen LogP contribution is -2.29. The molecule has 3 N–H and O–H groups in total. The van der Waals surface area contributed by atoms with Crippen LogP contribution in [0, 0.1) is 0 Å². The van der Waals surface area contributed by atoms with Gasteiger partial charge in [-0.05, 0) is 54.7 Å². The summed E-state index contributed by atoms with van der Waals surface area (Å²) in [4.78, 5) is 22.4. The fraction of sp³-hybridized carbons (Fsp3) is 0.273. The second kappa shape index (κ2) is 10.7. The van der Waals surface area contributed by atoms with Crippen molar-refractivity contribution in [2.45, 2.75) is 25.4 Å². The molecule has 1 saturated heterocycles. The molecule has 9 nitrogen and oxygen atoms in total. The first kappa shape index (κ1) is 24.6. The number of anilines is 1. The van der Waals surface area contributed by atoms with Gasteiger partial charge >= 0.3 is 18.1 Å². The van der Waals surface area contributed by atoms with Crippen molar-refractivity contribution in [3.05, 3.63) is 54.2 Å². The fourth-order valence-corrected chi connectivity index (χ4v) is 3.29. The third kappa shape index (κ3) is 6.47. The predicted octanol–water partition coefficient (Wildman–Crippen LogP) is 4.59. The van der Waals surface area contributed by atoms with E-state index < -0.39 is 18.1 Å². The molecule has 0 aliphatic carbocycles. The molecule has 0 atom stereocenters. The van der Waals surface area contributed by atoms with E-state index in [-0.39, 0.29) is 11.6 Å². The number of carbonyl (C=O) groups is 2. The van der Waals surface area contributed by atoms with Gasteiger partial charge in [0.25, 0.3) is 5.88 Å². The number of alkyl halides is 3. The van der Waals surface area contributed by atoms with Crippen LogP contribution in [0.1, 0.15) is 29.8 Å². The molecular formula is C22H21F3N4O5. The van der Waals surface area contributed by atoms with E-state index in [0.29, 0.717) is 5.75 Å². The molecule has 0 spiro atoms. The number of nitrogens with one attached hydrogen (secondary N) is 1. The number of rotatable bonds is 5. The Labute approximate surface area is 191 Å². The largest absolute Gasteiger partial charge is 0.490 e. The van der Waals surface area contributed by atoms with Gasteiger partial charge in [-0.15, -0.1) is 0 Å². The Bertz CT molecular complexity index is 1130. The van der Waals surface area contributed by atoms with Gasteiger partial charge < -0.3 is 19.8 Å². The van der Waals surface area contributed by atoms with Crippen molar-refractivity contribution in [1.29, 1.82) is 0 Å². The Morgan fingerprint density at radius 1 is 0.971 bits per heavy atom. The molecule has 4 rings (SSSR count). The number of nitrogens with zero attached hydrogens (tertiary/aromatic N) is 3. The van der Waals surface area contributed by atoms with Crippen molar-refractivity contribution < 1.29 is 37.7 Å². The zero-order valence-corrected chi connectivity index (χ0v) is 17.7. The molecule has 1 fully saturated rings. The van der Waals surface area contributed by atoms with Gasteiger partial charge in [0, 0.05) is 18.8 Å². The molecule has 2 aromatic carbocycles. The monoisotopic (exact) mass is 478 g/mol. The first-order valence-corrected chi connectivity index (χ1v) is 10.2. The number of aromatic nitrogens is 3. The number of hydrogen-bond donors (Lipinski definition) is 3. The molecule has 1 aliphatic heterocycles. The Kier molecular flexibility index (Phi) is 7.71. The quantitative estimate of drug-likeness (QED) is 0.486. The van der Waals surface area contributed by atoms with Gasteiger partial charge in [-0.25, -0.2) is 14.7 Å². The number of carboxylic acids is 2. The van der Waals surface area contributed by atoms with Crippen molar-refractivity contribution >= 4 is 17.6 Å². The highest BCUT2D eigenvalue weighted by molar-refractivity contribution is 5.87. The topological polar surface area (TPSA) is 129 Å². The maximum Gasteiger partial charge on any atom is 0.490 e. The molecule has 0 saturated carbocycles. The van der Waals surface area contributed by atoms with Crippen LogP contribution in [0.5, 0.6) is 11.6 Å². The van der Waals surface area contributed by atoms with Gasteiger partial charge in [-0.1, -0.05) is 34.6 Å². The van der Waals surface area contributed by atoms with Crippen molar-refractivity contribution in [2.75, 3.05) is 18.0 Å². The number of aromatic carboxylic acids is 1. The second-order valence-electron chi connectivity index (χ2n) is 7.32. The highest BCUT2D eigenvalue weighted by Crippen LogP contribution is 2.29. The van der Waals surface area contributed by atoms with Crippen molar-refractivity contribution in [3.8, 4) is 22.8 Å². The SMILES string of the molecule is O=C(O)C(F)(F)F.O=C(O)c1[nH]nnc1Oc1ccc(-c2cccc(N3CCCCC3)c2)cc1. The smallest absolute Gasteiger partial charge is 0.476 e. The number of ether oxygens (including phenoxy) is 1. The van der Waals surface area contributed by atoms with E-state index in [0.717, 1.165) is 24.2 Å². The highest BCUT2D eigenvalue weighted by atomic mass is 19.4. The maximum absolute atomic E-state index is 11.1. The van der Waals surface area contributed by atoms with Gasteiger partial charge in [0.1, 0.15) is 5.75 Å². The fourth-order valence-electron chi connectivity index (χ4n) is 3.29. The van der Waals surface area contributed by atoms with Gasteiger partial charge in [0.05, 0.1) is 0 Å². The summed E-state index contributed by atoms with van der Waals surface area (Å²) in [6, 6.07) is 16.0. The molecule has 12 heteroatoms. The van der Waals surface area contributed by atoms with E-state index in [1.54, 1.807) is 12.1 Å². The van der Waals surface area contributed by atoms with Crippen LogP contribution in [-0.4, -0.2) is 56.8 Å². The lowest BCUT2D eigenvalue weighted by molar-refractivity contribution is -0.192. The Balaban J connectivity index is 0.000000406. The summed E-state index contributed by atoms with van der Waals surface area (Å²) >= 11 is 0. The number of aromatic amines is 1. The Morgan fingerprint density at radius 2 is 1.62 bits per heavy atom. The van der Waals surface area contributed by atoms with Crippen LogP contribution < -0.4 is 9.64 Å². The van der Waals surface area contributed by atoms with Crippen LogP contribution >= 0.6 is 0 Å². The minimum Gasteiger partial charge on any atom is -0.476 e. The van der Waals surface area contributed by atoms with Crippen LogP contribution in [-0.2, 0) is 4.79 Å². The molecule has 0 unspecified atom stereocenters. The van der Waals surface area contributed by atoms with Crippen LogP contribution in [0.15, 0.2) is 48.5 Å². The van der Waals surface area contributed by atoms with Crippen molar-refractivity contribution in [3.63, 3.8) is 0 Å². The van der Waals surface area contributed by atoms with E-state index in [2.05, 4.69) is 44.6 Å². The summed E-state index contributed by atoms with van der Waals surface area (Å²) in [5.74, 6) is -3.47. The molecule has 1 aliphatic rings. The minimum atomic E-state index is -5.08. The number of benzene rings is 2. The molecule has 0 amide bonds. The third-order valence-electron chi connectivity index (χ3n) is 4.94. The Morgan fingerprint density at radius 3 is 2.21 bits per heavy atom. The average molecular weight is 478 g/mol. The summed E-state index contributed by atoms with van der Waals surface area (Å²) in [5, 5.41) is 25.6. The van der Waals surface area contributed by atoms with E-state index >= 15 is 0 Å². The standard InChI is InChI=1S/C20H20N4O3.C2HF3O2/c25-20(26)18-19(22-23-21-18)27-17-9-7-14(8-10-17)15-5-4-6-16(13-15)24-11-2-1-3-12-24;3-2(4,5)1(6)7/h4-10,13H,1-3,11-12H2,(H,25,26)(H,21,22,23);(H,6,7). The summed E-state index contributed by atoms with van der Waals surface area (Å²) in [6.45, 7) is 2.22. The zero-order chi connectivity index (χ0) is 24.7. The van der Waals surface area contributed by atoms with E-state index in [4.69, 9.17) is 19.7 Å². The first-order chi connectivity index (χ1) is 16.1. The van der Waals surface area contributed by atoms with Crippen molar-refractivity contribution in [2.24, 2.45) is 0 Å². The second-order valence-corrected chi connectivity index (χ2v) is 7.32. The van der Waals surface area contributed by atoms with E-state index in [1.807, 2.05) is 12.1 Å².